The van der Waals surface area contributed by atoms with E-state index >= 15 is 0 Å². The molecule has 4 nitrogen and oxygen atoms in total. The fourth-order valence-corrected chi connectivity index (χ4v) is 2.46. The molecular weight excluding hydrogens is 226 g/mol. The topological polar surface area (TPSA) is 57.0 Å². The number of carbonyl (C=O) groups excluding carboxylic acids is 1. The molecule has 1 aromatic rings. The number of aromatic nitrogens is 1. The van der Waals surface area contributed by atoms with Gasteiger partial charge in [-0.1, -0.05) is 13.3 Å². The highest BCUT2D eigenvalue weighted by Gasteiger charge is 2.28. The lowest BCUT2D eigenvalue weighted by atomic mass is 10.0. The van der Waals surface area contributed by atoms with Crippen molar-refractivity contribution in [1.29, 1.82) is 5.26 Å². The lowest BCUT2D eigenvalue weighted by Gasteiger charge is -2.16. The second-order valence-electron chi connectivity index (χ2n) is 4.79. The minimum Gasteiger partial charge on any atom is -0.338 e. The summed E-state index contributed by atoms with van der Waals surface area (Å²) in [4.78, 5) is 17.7. The summed E-state index contributed by atoms with van der Waals surface area (Å²) in [6.07, 6.45) is 4.53. The van der Waals surface area contributed by atoms with Gasteiger partial charge in [-0.25, -0.2) is 4.98 Å². The molecule has 1 fully saturated rings. The molecule has 0 aliphatic carbocycles. The highest BCUT2D eigenvalue weighted by molar-refractivity contribution is 5.78. The number of carbonyl (C=O) groups is 1. The highest BCUT2D eigenvalue weighted by Crippen LogP contribution is 2.23. The summed E-state index contributed by atoms with van der Waals surface area (Å²) in [6, 6.07) is 5.63. The zero-order valence-corrected chi connectivity index (χ0v) is 10.6. The normalized spacial score (nSPS) is 19.0. The number of pyridine rings is 1. The second-order valence-corrected chi connectivity index (χ2v) is 4.79. The van der Waals surface area contributed by atoms with Crippen LogP contribution in [0.15, 0.2) is 18.3 Å². The van der Waals surface area contributed by atoms with Gasteiger partial charge in [0.2, 0.25) is 5.91 Å². The Labute approximate surface area is 107 Å². The molecule has 1 amide bonds. The molecule has 0 radical (unpaired) electrons. The number of amides is 1. The summed E-state index contributed by atoms with van der Waals surface area (Å²) in [5.41, 5.74) is 1.39. The zero-order chi connectivity index (χ0) is 13.0. The van der Waals surface area contributed by atoms with Gasteiger partial charge in [0.25, 0.3) is 0 Å². The first-order valence-corrected chi connectivity index (χ1v) is 6.35. The summed E-state index contributed by atoms with van der Waals surface area (Å²) >= 11 is 0. The van der Waals surface area contributed by atoms with Gasteiger partial charge in [0.05, 0.1) is 0 Å². The van der Waals surface area contributed by atoms with Gasteiger partial charge in [0.1, 0.15) is 11.8 Å². The van der Waals surface area contributed by atoms with Crippen LogP contribution < -0.4 is 0 Å². The number of nitrogens with zero attached hydrogens (tertiary/aromatic N) is 3. The van der Waals surface area contributed by atoms with Gasteiger partial charge in [-0.2, -0.15) is 5.26 Å². The third kappa shape index (κ3) is 2.86. The molecule has 1 aliphatic heterocycles. The number of hydrogen-bond donors (Lipinski definition) is 0. The van der Waals surface area contributed by atoms with E-state index in [4.69, 9.17) is 5.26 Å². The number of likely N-dealkylation sites (tertiary alicyclic amines) is 1. The highest BCUT2D eigenvalue weighted by atomic mass is 16.2. The van der Waals surface area contributed by atoms with Crippen LogP contribution in [0.2, 0.25) is 0 Å². The predicted octanol–water partition coefficient (Wildman–Crippen LogP) is 2.10. The standard InChI is InChI=1S/C14H17N3O/c1-2-3-11-7-14(18)17(9-11)10-12-4-5-16-13(6-12)8-15/h4-6,11H,2-3,7,9-10H2,1H3. The van der Waals surface area contributed by atoms with Crippen LogP contribution in [0.3, 0.4) is 0 Å². The first-order valence-electron chi connectivity index (χ1n) is 6.35. The number of nitriles is 1. The third-order valence-corrected chi connectivity index (χ3v) is 3.30. The fourth-order valence-electron chi connectivity index (χ4n) is 2.46. The first-order chi connectivity index (χ1) is 8.72. The van der Waals surface area contributed by atoms with Crippen LogP contribution in [0, 0.1) is 17.2 Å². The smallest absolute Gasteiger partial charge is 0.223 e. The molecular formula is C14H17N3O. The van der Waals surface area contributed by atoms with Crippen LogP contribution >= 0.6 is 0 Å². The van der Waals surface area contributed by atoms with Crippen LogP contribution in [0.1, 0.15) is 37.4 Å². The summed E-state index contributed by atoms with van der Waals surface area (Å²) in [7, 11) is 0. The Morgan fingerprint density at radius 2 is 2.44 bits per heavy atom. The molecule has 0 bridgehead atoms. The maximum Gasteiger partial charge on any atom is 0.223 e. The van der Waals surface area contributed by atoms with E-state index < -0.39 is 0 Å². The molecule has 4 heteroatoms. The number of rotatable bonds is 4. The average Bonchev–Trinajstić information content (AvgIpc) is 2.70. The Morgan fingerprint density at radius 1 is 1.61 bits per heavy atom. The molecule has 1 aromatic heterocycles. The van der Waals surface area contributed by atoms with Gasteiger partial charge in [0.15, 0.2) is 0 Å². The third-order valence-electron chi connectivity index (χ3n) is 3.30. The quantitative estimate of drug-likeness (QED) is 0.813. The maximum atomic E-state index is 11.9. The SMILES string of the molecule is CCCC1CC(=O)N(Cc2ccnc(C#N)c2)C1. The summed E-state index contributed by atoms with van der Waals surface area (Å²) in [6.45, 7) is 3.59. The lowest BCUT2D eigenvalue weighted by molar-refractivity contribution is -0.128. The van der Waals surface area contributed by atoms with Gasteiger partial charge in [-0.15, -0.1) is 0 Å². The Morgan fingerprint density at radius 3 is 3.17 bits per heavy atom. The van der Waals surface area contributed by atoms with Gasteiger partial charge < -0.3 is 4.90 Å². The van der Waals surface area contributed by atoms with Crippen molar-refractivity contribution in [3.05, 3.63) is 29.6 Å². The molecule has 1 unspecified atom stereocenters. The molecule has 0 aromatic carbocycles. The van der Waals surface area contributed by atoms with E-state index in [9.17, 15) is 4.79 Å². The Balaban J connectivity index is 2.01. The van der Waals surface area contributed by atoms with Crippen molar-refractivity contribution in [2.75, 3.05) is 6.54 Å². The molecule has 0 spiro atoms. The Kier molecular flexibility index (Phi) is 3.93. The average molecular weight is 243 g/mol. The first kappa shape index (κ1) is 12.6. The Bertz CT molecular complexity index is 478. The molecule has 1 aliphatic rings. The van der Waals surface area contributed by atoms with Gasteiger partial charge in [-0.05, 0) is 30.0 Å². The predicted molar refractivity (Wildman–Crippen MR) is 67.4 cm³/mol. The van der Waals surface area contributed by atoms with Gasteiger partial charge in [0, 0.05) is 25.7 Å². The largest absolute Gasteiger partial charge is 0.338 e. The van der Waals surface area contributed by atoms with Crippen molar-refractivity contribution in [2.45, 2.75) is 32.7 Å². The van der Waals surface area contributed by atoms with E-state index in [-0.39, 0.29) is 5.91 Å². The van der Waals surface area contributed by atoms with Crippen LogP contribution in [0.5, 0.6) is 0 Å². The number of hydrogen-bond acceptors (Lipinski definition) is 3. The van der Waals surface area contributed by atoms with Crippen LogP contribution in [0.25, 0.3) is 0 Å². The van der Waals surface area contributed by atoms with Crippen molar-refractivity contribution in [3.63, 3.8) is 0 Å². The van der Waals surface area contributed by atoms with E-state index in [1.807, 2.05) is 17.0 Å². The molecule has 1 atom stereocenters. The van der Waals surface area contributed by atoms with Crippen molar-refractivity contribution in [2.24, 2.45) is 5.92 Å². The molecule has 18 heavy (non-hydrogen) atoms. The lowest BCUT2D eigenvalue weighted by Crippen LogP contribution is -2.24. The summed E-state index contributed by atoms with van der Waals surface area (Å²) in [5, 5.41) is 8.79. The fraction of sp³-hybridized carbons (Fsp3) is 0.500. The monoisotopic (exact) mass is 243 g/mol. The van der Waals surface area contributed by atoms with E-state index in [0.717, 1.165) is 24.9 Å². The van der Waals surface area contributed by atoms with Crippen molar-refractivity contribution >= 4 is 5.91 Å². The van der Waals surface area contributed by atoms with Gasteiger partial charge >= 0.3 is 0 Å². The maximum absolute atomic E-state index is 11.9. The molecule has 0 N–H and O–H groups in total. The molecule has 0 saturated carbocycles. The van der Waals surface area contributed by atoms with E-state index in [1.165, 1.54) is 0 Å². The molecule has 94 valence electrons. The van der Waals surface area contributed by atoms with Crippen molar-refractivity contribution < 1.29 is 4.79 Å². The minimum atomic E-state index is 0.226. The van der Waals surface area contributed by atoms with E-state index in [2.05, 4.69) is 11.9 Å². The summed E-state index contributed by atoms with van der Waals surface area (Å²) < 4.78 is 0. The second kappa shape index (κ2) is 5.63. The van der Waals surface area contributed by atoms with Crippen molar-refractivity contribution in [3.8, 4) is 6.07 Å². The van der Waals surface area contributed by atoms with Crippen LogP contribution in [0.4, 0.5) is 0 Å². The van der Waals surface area contributed by atoms with Gasteiger partial charge in [-0.3, -0.25) is 4.79 Å². The van der Waals surface area contributed by atoms with Crippen LogP contribution in [-0.4, -0.2) is 22.3 Å². The zero-order valence-electron chi connectivity index (χ0n) is 10.6. The Hall–Kier alpha value is -1.89. The summed E-state index contributed by atoms with van der Waals surface area (Å²) in [5.74, 6) is 0.726. The van der Waals surface area contributed by atoms with E-state index in [1.54, 1.807) is 12.3 Å². The minimum absolute atomic E-state index is 0.226. The van der Waals surface area contributed by atoms with Crippen LogP contribution in [-0.2, 0) is 11.3 Å². The molecule has 2 heterocycles. The molecule has 2 rings (SSSR count). The van der Waals surface area contributed by atoms with E-state index in [0.29, 0.717) is 24.6 Å². The van der Waals surface area contributed by atoms with Crippen molar-refractivity contribution in [1.82, 2.24) is 9.88 Å². The molecule has 1 saturated heterocycles.